The van der Waals surface area contributed by atoms with Crippen LogP contribution in [0.4, 0.5) is 16.0 Å². The molecule has 0 aliphatic carbocycles. The van der Waals surface area contributed by atoms with Crippen molar-refractivity contribution in [1.82, 2.24) is 25.2 Å². The highest BCUT2D eigenvalue weighted by molar-refractivity contribution is 5.99. The topological polar surface area (TPSA) is 133 Å². The van der Waals surface area contributed by atoms with E-state index in [1.165, 1.54) is 24.4 Å². The maximum absolute atomic E-state index is 13.1. The third-order valence-electron chi connectivity index (χ3n) is 5.93. The average molecular weight is 525 g/mol. The first kappa shape index (κ1) is 27.2. The van der Waals surface area contributed by atoms with Gasteiger partial charge >= 0.3 is 0 Å². The molecule has 0 bridgehead atoms. The van der Waals surface area contributed by atoms with E-state index in [9.17, 15) is 14.4 Å². The second kappa shape index (κ2) is 12.6. The zero-order chi connectivity index (χ0) is 27.8. The first-order chi connectivity index (χ1) is 18.8. The number of aromatic nitrogens is 3. The molecule has 0 saturated carbocycles. The summed E-state index contributed by atoms with van der Waals surface area (Å²) in [6, 6.07) is 17.5. The molecule has 4 N–H and O–H groups in total. The number of nitriles is 1. The number of hydrogen-bond acceptors (Lipinski definition) is 8. The van der Waals surface area contributed by atoms with E-state index in [2.05, 4.69) is 25.6 Å². The Morgan fingerprint density at radius 2 is 1.77 bits per heavy atom. The van der Waals surface area contributed by atoms with Crippen molar-refractivity contribution in [2.45, 2.75) is 19.5 Å². The minimum absolute atomic E-state index is 0.273. The summed E-state index contributed by atoms with van der Waals surface area (Å²) in [5, 5.41) is 15.3. The van der Waals surface area contributed by atoms with E-state index in [0.29, 0.717) is 37.7 Å². The second-order valence-electron chi connectivity index (χ2n) is 9.24. The van der Waals surface area contributed by atoms with Crippen LogP contribution in [0.5, 0.6) is 0 Å². The number of hydrogen-bond donors (Lipinski definition) is 3. The first-order valence-electron chi connectivity index (χ1n) is 12.3. The summed E-state index contributed by atoms with van der Waals surface area (Å²) in [7, 11) is 3.89. The molecule has 0 fully saturated rings. The smallest absolute Gasteiger partial charge is 0.255 e. The van der Waals surface area contributed by atoms with Gasteiger partial charge in [-0.15, -0.1) is 0 Å². The van der Waals surface area contributed by atoms with Crippen molar-refractivity contribution in [3.63, 3.8) is 0 Å². The summed E-state index contributed by atoms with van der Waals surface area (Å²) in [5.74, 6) is 0.129. The van der Waals surface area contributed by atoms with Gasteiger partial charge in [0.05, 0.1) is 28.7 Å². The molecular formula is C29H29FN8O. The molecule has 9 nitrogen and oxygen atoms in total. The summed E-state index contributed by atoms with van der Waals surface area (Å²) >= 11 is 0. The molecule has 0 unspecified atom stereocenters. The van der Waals surface area contributed by atoms with E-state index in [0.717, 1.165) is 28.1 Å². The van der Waals surface area contributed by atoms with E-state index in [4.69, 9.17) is 5.73 Å². The predicted molar refractivity (Wildman–Crippen MR) is 148 cm³/mol. The Kier molecular flexibility index (Phi) is 8.76. The number of carbonyl (C=O) groups is 1. The van der Waals surface area contributed by atoms with Gasteiger partial charge in [-0.1, -0.05) is 36.4 Å². The Balaban J connectivity index is 1.42. The Morgan fingerprint density at radius 3 is 2.46 bits per heavy atom. The van der Waals surface area contributed by atoms with Crippen LogP contribution in [0.15, 0.2) is 67.0 Å². The molecular weight excluding hydrogens is 495 g/mol. The van der Waals surface area contributed by atoms with Crippen molar-refractivity contribution in [3.8, 4) is 17.3 Å². The molecule has 2 heterocycles. The molecule has 4 aromatic rings. The van der Waals surface area contributed by atoms with Crippen LogP contribution >= 0.6 is 0 Å². The lowest BCUT2D eigenvalue weighted by Gasteiger charge is -2.13. The minimum Gasteiger partial charge on any atom is -0.382 e. The molecule has 0 atom stereocenters. The van der Waals surface area contributed by atoms with Crippen molar-refractivity contribution in [3.05, 3.63) is 101 Å². The highest BCUT2D eigenvalue weighted by atomic mass is 19.1. The van der Waals surface area contributed by atoms with E-state index < -0.39 is 0 Å². The molecule has 0 radical (unpaired) electrons. The number of carbonyl (C=O) groups excluding carboxylic acids is 1. The standard InChI is InChI=1S/C29H29FN8O/c1-38(2)18-26-27(32)34-17-25(37-26)22-7-3-20(4-8-22)15-35-28-24(13-21(14-31)16-36-28)29(39)33-12-11-19-5-9-23(30)10-6-19/h3-10,13,16-17H,11-12,15,18H2,1-2H3,(H2,32,34)(H,33,39)(H,35,36). The van der Waals surface area contributed by atoms with E-state index in [-0.39, 0.29) is 22.9 Å². The molecule has 2 aromatic carbocycles. The number of nitrogen functional groups attached to an aromatic ring is 1. The zero-order valence-corrected chi connectivity index (χ0v) is 21.8. The molecule has 1 amide bonds. The lowest BCUT2D eigenvalue weighted by Crippen LogP contribution is -2.27. The number of nitrogens with two attached hydrogens (primary N) is 1. The van der Waals surface area contributed by atoms with Crippen molar-refractivity contribution in [1.29, 1.82) is 5.26 Å². The van der Waals surface area contributed by atoms with E-state index >= 15 is 0 Å². The molecule has 10 heteroatoms. The van der Waals surface area contributed by atoms with E-state index in [1.54, 1.807) is 18.3 Å². The Hall–Kier alpha value is -4.88. The minimum atomic E-state index is -0.352. The van der Waals surface area contributed by atoms with Crippen molar-refractivity contribution >= 4 is 17.5 Å². The van der Waals surface area contributed by atoms with Crippen LogP contribution in [-0.2, 0) is 19.5 Å². The Morgan fingerprint density at radius 1 is 1.05 bits per heavy atom. The van der Waals surface area contributed by atoms with Crippen LogP contribution < -0.4 is 16.4 Å². The van der Waals surface area contributed by atoms with Gasteiger partial charge in [0.15, 0.2) is 0 Å². The fraction of sp³-hybridized carbons (Fsp3) is 0.207. The maximum atomic E-state index is 13.1. The third-order valence-corrected chi connectivity index (χ3v) is 5.93. The van der Waals surface area contributed by atoms with Gasteiger partial charge in [-0.2, -0.15) is 5.26 Å². The number of halogens is 1. The van der Waals surface area contributed by atoms with Crippen molar-refractivity contribution < 1.29 is 9.18 Å². The van der Waals surface area contributed by atoms with Gasteiger partial charge in [0.25, 0.3) is 5.91 Å². The number of amides is 1. The Bertz CT molecular complexity index is 1480. The first-order valence-corrected chi connectivity index (χ1v) is 12.3. The SMILES string of the molecule is CN(C)Cc1nc(-c2ccc(CNc3ncc(C#N)cc3C(=O)NCCc3ccc(F)cc3)cc2)cnc1N. The molecule has 0 spiro atoms. The maximum Gasteiger partial charge on any atom is 0.255 e. The van der Waals surface area contributed by atoms with Gasteiger partial charge in [-0.3, -0.25) is 4.79 Å². The number of pyridine rings is 1. The van der Waals surface area contributed by atoms with Crippen LogP contribution in [0.3, 0.4) is 0 Å². The van der Waals surface area contributed by atoms with Crippen LogP contribution in [0, 0.1) is 17.1 Å². The van der Waals surface area contributed by atoms with Crippen LogP contribution in [0.25, 0.3) is 11.3 Å². The molecule has 198 valence electrons. The van der Waals surface area contributed by atoms with Gasteiger partial charge in [-0.25, -0.2) is 19.3 Å². The summed E-state index contributed by atoms with van der Waals surface area (Å²) in [4.78, 5) is 28.1. The van der Waals surface area contributed by atoms with Gasteiger partial charge < -0.3 is 21.3 Å². The number of benzene rings is 2. The number of nitrogens with one attached hydrogen (secondary N) is 2. The second-order valence-corrected chi connectivity index (χ2v) is 9.24. The number of nitrogens with zero attached hydrogens (tertiary/aromatic N) is 5. The summed E-state index contributed by atoms with van der Waals surface area (Å²) in [6.45, 7) is 1.36. The van der Waals surface area contributed by atoms with Crippen LogP contribution in [0.1, 0.15) is 32.7 Å². The number of anilines is 2. The van der Waals surface area contributed by atoms with Crippen LogP contribution in [0.2, 0.25) is 0 Å². The summed E-state index contributed by atoms with van der Waals surface area (Å²) < 4.78 is 13.1. The normalized spacial score (nSPS) is 10.7. The molecule has 39 heavy (non-hydrogen) atoms. The largest absolute Gasteiger partial charge is 0.382 e. The van der Waals surface area contributed by atoms with Gasteiger partial charge in [0.2, 0.25) is 0 Å². The van der Waals surface area contributed by atoms with Crippen molar-refractivity contribution in [2.75, 3.05) is 31.7 Å². The molecule has 0 aliphatic rings. The highest BCUT2D eigenvalue weighted by Gasteiger charge is 2.14. The lowest BCUT2D eigenvalue weighted by molar-refractivity contribution is 0.0954. The quantitative estimate of drug-likeness (QED) is 0.286. The van der Waals surface area contributed by atoms with Crippen LogP contribution in [-0.4, -0.2) is 46.4 Å². The summed E-state index contributed by atoms with van der Waals surface area (Å²) in [5.41, 5.74) is 10.8. The monoisotopic (exact) mass is 524 g/mol. The molecule has 4 rings (SSSR count). The molecule has 0 saturated heterocycles. The van der Waals surface area contributed by atoms with E-state index in [1.807, 2.05) is 49.3 Å². The molecule has 2 aromatic heterocycles. The average Bonchev–Trinajstić information content (AvgIpc) is 2.94. The number of rotatable bonds is 10. The predicted octanol–water partition coefficient (Wildman–Crippen LogP) is 3.78. The van der Waals surface area contributed by atoms with Gasteiger partial charge in [0.1, 0.15) is 23.5 Å². The van der Waals surface area contributed by atoms with Gasteiger partial charge in [0, 0.05) is 31.4 Å². The molecule has 0 aliphatic heterocycles. The zero-order valence-electron chi connectivity index (χ0n) is 21.8. The summed E-state index contributed by atoms with van der Waals surface area (Å²) in [6.07, 6.45) is 3.62. The fourth-order valence-corrected chi connectivity index (χ4v) is 3.88. The van der Waals surface area contributed by atoms with Gasteiger partial charge in [-0.05, 0) is 49.8 Å². The van der Waals surface area contributed by atoms with Crippen molar-refractivity contribution in [2.24, 2.45) is 0 Å². The fourth-order valence-electron chi connectivity index (χ4n) is 3.88. The lowest BCUT2D eigenvalue weighted by atomic mass is 10.1. The Labute approximate surface area is 226 Å². The third kappa shape index (κ3) is 7.34. The highest BCUT2D eigenvalue weighted by Crippen LogP contribution is 2.21.